The Morgan fingerprint density at radius 2 is 1.30 bits per heavy atom. The monoisotopic (exact) mass is 1040 g/mol. The van der Waals surface area contributed by atoms with E-state index in [1.54, 1.807) is 65.8 Å². The van der Waals surface area contributed by atoms with Gasteiger partial charge in [-0.1, -0.05) is 117 Å². The number of ether oxygens (including phenoxy) is 1. The largest absolute Gasteiger partial charge is 0.508 e. The number of aliphatic hydroxyl groups is 2. The highest BCUT2D eigenvalue weighted by atomic mass is 16.5. The number of nitrogens with one attached hydrogen (secondary N) is 6. The normalized spacial score (nSPS) is 18.5. The second-order valence-electron chi connectivity index (χ2n) is 20.1. The van der Waals surface area contributed by atoms with E-state index in [-0.39, 0.29) is 42.6 Å². The van der Waals surface area contributed by atoms with Gasteiger partial charge in [0, 0.05) is 32.4 Å². The summed E-state index contributed by atoms with van der Waals surface area (Å²) in [6.07, 6.45) is 7.30. The van der Waals surface area contributed by atoms with Crippen LogP contribution in [0.3, 0.4) is 0 Å². The van der Waals surface area contributed by atoms with Crippen molar-refractivity contribution in [2.45, 2.75) is 167 Å². The first-order chi connectivity index (χ1) is 35.0. The molecular weight excluding hydrogens is 955 g/mol. The second-order valence-corrected chi connectivity index (χ2v) is 20.1. The van der Waals surface area contributed by atoms with Gasteiger partial charge in [0.15, 0.2) is 0 Å². The Hall–Kier alpha value is -6.54. The van der Waals surface area contributed by atoms with Crippen molar-refractivity contribution in [3.05, 3.63) is 71.8 Å². The molecule has 10 N–H and O–H groups in total. The third-order valence-electron chi connectivity index (χ3n) is 12.8. The Balaban J connectivity index is 1.71. The molecule has 0 aromatic heterocycles. The molecule has 8 atom stereocenters. The van der Waals surface area contributed by atoms with Gasteiger partial charge in [0.2, 0.25) is 41.4 Å². The summed E-state index contributed by atoms with van der Waals surface area (Å²) in [5.41, 5.74) is 1.24. The van der Waals surface area contributed by atoms with Crippen LogP contribution in [-0.4, -0.2) is 141 Å². The van der Waals surface area contributed by atoms with Gasteiger partial charge in [-0.05, 0) is 59.6 Å². The van der Waals surface area contributed by atoms with E-state index in [4.69, 9.17) is 4.74 Å². The fourth-order valence-corrected chi connectivity index (χ4v) is 8.22. The lowest BCUT2D eigenvalue weighted by Gasteiger charge is -2.32. The third-order valence-corrected chi connectivity index (χ3v) is 12.8. The highest BCUT2D eigenvalue weighted by Crippen LogP contribution is 2.19. The number of esters is 1. The van der Waals surface area contributed by atoms with Crippen LogP contribution in [0.5, 0.6) is 11.5 Å². The van der Waals surface area contributed by atoms with Crippen LogP contribution in [-0.2, 0) is 55.9 Å². The number of nitrogens with zero attached hydrogens (tertiary/aromatic N) is 1. The summed E-state index contributed by atoms with van der Waals surface area (Å²) >= 11 is 0. The van der Waals surface area contributed by atoms with E-state index in [1.807, 2.05) is 0 Å². The average Bonchev–Trinajstić information content (AvgIpc) is 3.35. The van der Waals surface area contributed by atoms with Gasteiger partial charge in [0.25, 0.3) is 0 Å². The number of amides is 7. The molecule has 410 valence electrons. The number of phenols is 2. The topological polar surface area (TPSA) is 302 Å². The Morgan fingerprint density at radius 3 is 1.86 bits per heavy atom. The summed E-state index contributed by atoms with van der Waals surface area (Å²) in [5, 5.41) is 57.1. The Labute approximate surface area is 435 Å². The van der Waals surface area contributed by atoms with Crippen molar-refractivity contribution in [3.63, 3.8) is 0 Å². The summed E-state index contributed by atoms with van der Waals surface area (Å²) < 4.78 is 5.66. The third kappa shape index (κ3) is 20.8. The smallest absolute Gasteiger partial charge is 0.329 e. The van der Waals surface area contributed by atoms with Gasteiger partial charge in [0.05, 0.1) is 31.2 Å². The summed E-state index contributed by atoms with van der Waals surface area (Å²) in [6.45, 7) is 10.9. The van der Waals surface area contributed by atoms with Crippen LogP contribution in [0.2, 0.25) is 0 Å². The quantitative estimate of drug-likeness (QED) is 0.0455. The van der Waals surface area contributed by atoms with Gasteiger partial charge < -0.3 is 62.0 Å². The highest BCUT2D eigenvalue weighted by Gasteiger charge is 2.37. The number of benzene rings is 2. The predicted molar refractivity (Wildman–Crippen MR) is 277 cm³/mol. The standard InChI is InChI=1S/C54H81N7O13/c1-9-10-11-12-13-14-15-16-44(66)56-40(27-35-17-22-38(63)23-18-35)50(69)60-48(33(4)5)52(71)57-41(30-62)43(65)29-46(68)59-47(32(2)3)51(70)55-37-21-26-45(67)58-49(34(6)7)53(72)61(8)42(54(73)74-31-37)28-36-19-24-39(64)25-20-36/h17-26,32-34,37,40-43,47-49,62-65H,9-16,27-31H2,1-8H3,(H,55,70)(H,56,66)(H,57,71)(H,58,67)(H,59,68)(H,60,69)/t37-,40+,41+,42+,43+,47+,48+,49+/m1/s1. The maximum absolute atomic E-state index is 13.9. The molecule has 3 rings (SSSR count). The number of unbranched alkanes of at least 4 members (excludes halogenated alkanes) is 6. The summed E-state index contributed by atoms with van der Waals surface area (Å²) in [7, 11) is 1.42. The van der Waals surface area contributed by atoms with E-state index in [0.29, 0.717) is 17.5 Å². The van der Waals surface area contributed by atoms with Crippen molar-refractivity contribution in [1.82, 2.24) is 36.8 Å². The Bertz CT molecular complexity index is 2180. The molecule has 1 aliphatic heterocycles. The molecular formula is C54H81N7O13. The van der Waals surface area contributed by atoms with Crippen LogP contribution in [0, 0.1) is 17.8 Å². The first kappa shape index (κ1) is 61.8. The molecule has 1 aliphatic rings. The number of carbonyl (C=O) groups is 8. The number of hydrogen-bond donors (Lipinski definition) is 10. The average molecular weight is 1040 g/mol. The number of rotatable bonds is 27. The molecule has 0 radical (unpaired) electrons. The minimum absolute atomic E-state index is 0.000221. The molecule has 20 heteroatoms. The van der Waals surface area contributed by atoms with Crippen molar-refractivity contribution >= 4 is 47.3 Å². The summed E-state index contributed by atoms with van der Waals surface area (Å²) in [5.74, 6) is -6.79. The molecule has 0 unspecified atom stereocenters. The lowest BCUT2D eigenvalue weighted by molar-refractivity contribution is -0.156. The van der Waals surface area contributed by atoms with Gasteiger partial charge in [-0.3, -0.25) is 33.6 Å². The molecule has 0 bridgehead atoms. The molecule has 0 saturated carbocycles. The molecule has 74 heavy (non-hydrogen) atoms. The van der Waals surface area contributed by atoms with E-state index in [1.165, 1.54) is 42.3 Å². The molecule has 0 aliphatic carbocycles. The fourth-order valence-electron chi connectivity index (χ4n) is 8.22. The molecule has 7 amide bonds. The minimum Gasteiger partial charge on any atom is -0.508 e. The maximum Gasteiger partial charge on any atom is 0.329 e. The second kappa shape index (κ2) is 31.3. The maximum atomic E-state index is 13.9. The lowest BCUT2D eigenvalue weighted by Crippen LogP contribution is -2.59. The van der Waals surface area contributed by atoms with Crippen LogP contribution in [0.15, 0.2) is 60.7 Å². The zero-order valence-corrected chi connectivity index (χ0v) is 44.2. The number of likely N-dealkylation sites (N-methyl/N-ethyl adjacent to an activating group) is 1. The van der Waals surface area contributed by atoms with Gasteiger partial charge in [-0.15, -0.1) is 0 Å². The molecule has 2 aromatic rings. The number of phenolic OH excluding ortho intramolecular Hbond substituents is 2. The number of hydrogen-bond acceptors (Lipinski definition) is 13. The van der Waals surface area contributed by atoms with E-state index in [9.17, 15) is 58.8 Å². The van der Waals surface area contributed by atoms with Crippen LogP contribution >= 0.6 is 0 Å². The Kier molecular flexibility index (Phi) is 26.1. The SMILES string of the molecule is CCCCCCCCCC(=O)N[C@@H](Cc1ccc(O)cc1)C(=O)N[C@H](C(=O)N[C@@H](CO)[C@@H](O)CC(=O)N[C@H](C(=O)N[C@@H]1C=CC(=O)N[C@@H](C(C)C)C(=O)N(C)[C@@H](Cc2ccc(O)cc2)C(=O)OC1)C(C)C)C(C)C. The zero-order chi connectivity index (χ0) is 55.1. The minimum atomic E-state index is -1.68. The van der Waals surface area contributed by atoms with Crippen LogP contribution in [0.4, 0.5) is 0 Å². The highest BCUT2D eigenvalue weighted by molar-refractivity contribution is 5.95. The first-order valence-corrected chi connectivity index (χ1v) is 25.8. The van der Waals surface area contributed by atoms with E-state index < -0.39 is 121 Å². The van der Waals surface area contributed by atoms with Crippen molar-refractivity contribution in [2.24, 2.45) is 17.8 Å². The van der Waals surface area contributed by atoms with Crippen LogP contribution < -0.4 is 31.9 Å². The van der Waals surface area contributed by atoms with Crippen molar-refractivity contribution in [3.8, 4) is 11.5 Å². The Morgan fingerprint density at radius 1 is 0.730 bits per heavy atom. The summed E-state index contributed by atoms with van der Waals surface area (Å²) in [6, 6.07) is 3.96. The molecule has 20 nitrogen and oxygen atoms in total. The van der Waals surface area contributed by atoms with E-state index in [2.05, 4.69) is 38.8 Å². The molecule has 0 saturated heterocycles. The van der Waals surface area contributed by atoms with Crippen molar-refractivity contribution in [2.75, 3.05) is 20.3 Å². The fraction of sp³-hybridized carbons (Fsp3) is 0.593. The van der Waals surface area contributed by atoms with Gasteiger partial charge >= 0.3 is 5.97 Å². The summed E-state index contributed by atoms with van der Waals surface area (Å²) in [4.78, 5) is 110. The van der Waals surface area contributed by atoms with Gasteiger partial charge in [-0.2, -0.15) is 0 Å². The zero-order valence-electron chi connectivity index (χ0n) is 44.2. The van der Waals surface area contributed by atoms with Crippen LogP contribution in [0.1, 0.15) is 117 Å². The van der Waals surface area contributed by atoms with E-state index in [0.717, 1.165) is 44.6 Å². The number of aromatic hydroxyl groups is 2. The van der Waals surface area contributed by atoms with E-state index >= 15 is 0 Å². The van der Waals surface area contributed by atoms with Gasteiger partial charge in [-0.25, -0.2) is 4.79 Å². The van der Waals surface area contributed by atoms with Crippen molar-refractivity contribution < 1.29 is 63.5 Å². The number of carbonyl (C=O) groups excluding carboxylic acids is 8. The van der Waals surface area contributed by atoms with Gasteiger partial charge in [0.1, 0.15) is 48.3 Å². The van der Waals surface area contributed by atoms with Crippen molar-refractivity contribution in [1.29, 1.82) is 0 Å². The molecule has 0 spiro atoms. The molecule has 0 fully saturated rings. The first-order valence-electron chi connectivity index (χ1n) is 25.8. The number of aliphatic hydroxyl groups excluding tert-OH is 2. The molecule has 1 heterocycles. The lowest BCUT2D eigenvalue weighted by atomic mass is 9.99. The molecule has 2 aromatic carbocycles. The van der Waals surface area contributed by atoms with Crippen LogP contribution in [0.25, 0.3) is 0 Å². The number of cyclic esters (lactones) is 1. The predicted octanol–water partition coefficient (Wildman–Crippen LogP) is 2.58.